The van der Waals surface area contributed by atoms with Gasteiger partial charge in [-0.05, 0) is 51.3 Å². The summed E-state index contributed by atoms with van der Waals surface area (Å²) >= 11 is 0. The van der Waals surface area contributed by atoms with Crippen molar-refractivity contribution in [2.45, 2.75) is 57.9 Å². The number of ether oxygens (including phenoxy) is 1. The van der Waals surface area contributed by atoms with Crippen LogP contribution in [0, 0.1) is 0 Å². The van der Waals surface area contributed by atoms with E-state index in [0.29, 0.717) is 0 Å². The molecule has 1 aromatic rings. The molecule has 0 radical (unpaired) electrons. The smallest absolute Gasteiger partial charge is 0.0805 e. The van der Waals surface area contributed by atoms with Gasteiger partial charge in [0.05, 0.1) is 11.7 Å². The highest BCUT2D eigenvalue weighted by Gasteiger charge is 2.31. The van der Waals surface area contributed by atoms with Gasteiger partial charge in [-0.15, -0.1) is 0 Å². The first-order valence-corrected chi connectivity index (χ1v) is 7.77. The highest BCUT2D eigenvalue weighted by Crippen LogP contribution is 2.26. The number of nitrogens with one attached hydrogen (secondary N) is 1. The summed E-state index contributed by atoms with van der Waals surface area (Å²) in [6, 6.07) is 9.77. The summed E-state index contributed by atoms with van der Waals surface area (Å²) in [5, 5.41) is 3.56. The Kier molecular flexibility index (Phi) is 3.74. The Labute approximate surface area is 122 Å². The maximum atomic E-state index is 5.97. The van der Waals surface area contributed by atoms with Crippen LogP contribution in [0.4, 0.5) is 5.69 Å². The van der Waals surface area contributed by atoms with E-state index in [2.05, 4.69) is 55.3 Å². The minimum absolute atomic E-state index is 0.0656. The van der Waals surface area contributed by atoms with E-state index in [4.69, 9.17) is 4.74 Å². The molecule has 1 atom stereocenters. The van der Waals surface area contributed by atoms with Crippen molar-refractivity contribution in [3.05, 3.63) is 29.8 Å². The average molecular weight is 274 g/mol. The lowest BCUT2D eigenvalue weighted by atomic mass is 10.0. The van der Waals surface area contributed by atoms with Crippen molar-refractivity contribution in [2.24, 2.45) is 0 Å². The first kappa shape index (κ1) is 13.9. The van der Waals surface area contributed by atoms with E-state index in [9.17, 15) is 0 Å². The molecule has 1 saturated heterocycles. The Balaban J connectivity index is 1.63. The van der Waals surface area contributed by atoms with Gasteiger partial charge in [-0.2, -0.15) is 0 Å². The molecular weight excluding hydrogens is 248 g/mol. The molecule has 1 aromatic carbocycles. The van der Waals surface area contributed by atoms with Gasteiger partial charge >= 0.3 is 0 Å². The molecule has 2 aliphatic rings. The van der Waals surface area contributed by atoms with Crippen molar-refractivity contribution in [2.75, 3.05) is 18.0 Å². The molecule has 1 N–H and O–H groups in total. The quantitative estimate of drug-likeness (QED) is 0.913. The zero-order chi connectivity index (χ0) is 14.2. The van der Waals surface area contributed by atoms with E-state index in [-0.39, 0.29) is 11.7 Å². The van der Waals surface area contributed by atoms with Gasteiger partial charge in [-0.25, -0.2) is 0 Å². The summed E-state index contributed by atoms with van der Waals surface area (Å²) in [5.41, 5.74) is 2.62. The van der Waals surface area contributed by atoms with Crippen LogP contribution < -0.4 is 10.2 Å². The van der Waals surface area contributed by atoms with Crippen LogP contribution >= 0.6 is 0 Å². The third-order valence-corrected chi connectivity index (χ3v) is 4.04. The Morgan fingerprint density at radius 3 is 2.55 bits per heavy atom. The standard InChI is InChI=1S/C17H26N2O/c1-13-11-19(12-17(2,3)20-13)16-8-4-14(5-9-16)10-18-15-6-7-15/h4-5,8-9,13,15,18H,6-7,10-12H2,1-3H3. The largest absolute Gasteiger partial charge is 0.369 e. The summed E-state index contributed by atoms with van der Waals surface area (Å²) in [5.74, 6) is 0. The van der Waals surface area contributed by atoms with Crippen LogP contribution in [-0.2, 0) is 11.3 Å². The van der Waals surface area contributed by atoms with Crippen LogP contribution in [0.15, 0.2) is 24.3 Å². The molecule has 1 heterocycles. The Morgan fingerprint density at radius 1 is 1.25 bits per heavy atom. The SMILES string of the molecule is CC1CN(c2ccc(CNC3CC3)cc2)CC(C)(C)O1. The topological polar surface area (TPSA) is 24.5 Å². The molecule has 0 bridgehead atoms. The molecule has 0 aromatic heterocycles. The predicted octanol–water partition coefficient (Wildman–Crippen LogP) is 2.94. The van der Waals surface area contributed by atoms with Gasteiger partial charge in [0, 0.05) is 31.4 Å². The van der Waals surface area contributed by atoms with E-state index < -0.39 is 0 Å². The van der Waals surface area contributed by atoms with Crippen LogP contribution in [-0.4, -0.2) is 30.8 Å². The number of hydrogen-bond acceptors (Lipinski definition) is 3. The molecule has 1 saturated carbocycles. The van der Waals surface area contributed by atoms with Gasteiger partial charge in [0.25, 0.3) is 0 Å². The average Bonchev–Trinajstić information content (AvgIpc) is 3.18. The monoisotopic (exact) mass is 274 g/mol. The van der Waals surface area contributed by atoms with Crippen LogP contribution in [0.2, 0.25) is 0 Å². The summed E-state index contributed by atoms with van der Waals surface area (Å²) < 4.78 is 5.97. The summed E-state index contributed by atoms with van der Waals surface area (Å²) in [7, 11) is 0. The third kappa shape index (κ3) is 3.53. The first-order chi connectivity index (χ1) is 9.52. The Bertz CT molecular complexity index is 451. The molecule has 3 heteroatoms. The number of benzene rings is 1. The van der Waals surface area contributed by atoms with Crippen LogP contribution in [0.1, 0.15) is 39.2 Å². The number of morpholine rings is 1. The predicted molar refractivity (Wildman–Crippen MR) is 83.1 cm³/mol. The molecule has 2 fully saturated rings. The van der Waals surface area contributed by atoms with E-state index >= 15 is 0 Å². The van der Waals surface area contributed by atoms with Crippen LogP contribution in [0.5, 0.6) is 0 Å². The molecular formula is C17H26N2O. The van der Waals surface area contributed by atoms with Gasteiger partial charge in [0.15, 0.2) is 0 Å². The molecule has 1 unspecified atom stereocenters. The van der Waals surface area contributed by atoms with Crippen molar-refractivity contribution in [3.63, 3.8) is 0 Å². The fourth-order valence-electron chi connectivity index (χ4n) is 3.02. The fourth-order valence-corrected chi connectivity index (χ4v) is 3.02. The van der Waals surface area contributed by atoms with Crippen molar-refractivity contribution in [3.8, 4) is 0 Å². The molecule has 3 rings (SSSR count). The summed E-state index contributed by atoms with van der Waals surface area (Å²) in [4.78, 5) is 2.44. The zero-order valence-electron chi connectivity index (χ0n) is 12.9. The van der Waals surface area contributed by atoms with Gasteiger partial charge in [-0.3, -0.25) is 0 Å². The van der Waals surface area contributed by atoms with Gasteiger partial charge < -0.3 is 15.0 Å². The molecule has 1 aliphatic heterocycles. The second-order valence-electron chi connectivity index (χ2n) is 6.89. The van der Waals surface area contributed by atoms with E-state index in [1.54, 1.807) is 0 Å². The Hall–Kier alpha value is -1.06. The maximum absolute atomic E-state index is 5.97. The minimum atomic E-state index is -0.0656. The lowest BCUT2D eigenvalue weighted by molar-refractivity contribution is -0.0749. The lowest BCUT2D eigenvalue weighted by Gasteiger charge is -2.43. The van der Waals surface area contributed by atoms with Gasteiger partial charge in [0.2, 0.25) is 0 Å². The van der Waals surface area contributed by atoms with E-state index in [1.165, 1.54) is 24.1 Å². The zero-order valence-corrected chi connectivity index (χ0v) is 12.9. The van der Waals surface area contributed by atoms with Gasteiger partial charge in [-0.1, -0.05) is 12.1 Å². The van der Waals surface area contributed by atoms with E-state index in [1.807, 2.05) is 0 Å². The molecule has 0 spiro atoms. The van der Waals surface area contributed by atoms with Crippen molar-refractivity contribution >= 4 is 5.69 Å². The van der Waals surface area contributed by atoms with Crippen molar-refractivity contribution in [1.29, 1.82) is 0 Å². The molecule has 3 nitrogen and oxygen atoms in total. The van der Waals surface area contributed by atoms with E-state index in [0.717, 1.165) is 25.7 Å². The second kappa shape index (κ2) is 5.38. The lowest BCUT2D eigenvalue weighted by Crippen LogP contribution is -2.52. The highest BCUT2D eigenvalue weighted by atomic mass is 16.5. The number of anilines is 1. The third-order valence-electron chi connectivity index (χ3n) is 4.04. The minimum Gasteiger partial charge on any atom is -0.369 e. The van der Waals surface area contributed by atoms with Crippen LogP contribution in [0.25, 0.3) is 0 Å². The van der Waals surface area contributed by atoms with Crippen molar-refractivity contribution in [1.82, 2.24) is 5.32 Å². The molecule has 1 aliphatic carbocycles. The number of nitrogens with zero attached hydrogens (tertiary/aromatic N) is 1. The van der Waals surface area contributed by atoms with Gasteiger partial charge in [0.1, 0.15) is 0 Å². The summed E-state index contributed by atoms with van der Waals surface area (Å²) in [6.45, 7) is 9.42. The normalized spacial score (nSPS) is 25.8. The number of hydrogen-bond donors (Lipinski definition) is 1. The Morgan fingerprint density at radius 2 is 1.95 bits per heavy atom. The molecule has 20 heavy (non-hydrogen) atoms. The first-order valence-electron chi connectivity index (χ1n) is 7.77. The fraction of sp³-hybridized carbons (Fsp3) is 0.647. The second-order valence-corrected chi connectivity index (χ2v) is 6.89. The summed E-state index contributed by atoms with van der Waals surface area (Å²) in [6.07, 6.45) is 2.98. The van der Waals surface area contributed by atoms with Crippen molar-refractivity contribution < 1.29 is 4.74 Å². The number of rotatable bonds is 4. The molecule has 0 amide bonds. The van der Waals surface area contributed by atoms with Crippen LogP contribution in [0.3, 0.4) is 0 Å². The molecule has 110 valence electrons. The highest BCUT2D eigenvalue weighted by molar-refractivity contribution is 5.48. The maximum Gasteiger partial charge on any atom is 0.0805 e.